The lowest BCUT2D eigenvalue weighted by molar-refractivity contribution is -0.136. The van der Waals surface area contributed by atoms with Gasteiger partial charge in [-0.3, -0.25) is 4.79 Å². The summed E-state index contributed by atoms with van der Waals surface area (Å²) in [7, 11) is 0. The predicted molar refractivity (Wildman–Crippen MR) is 99.0 cm³/mol. The monoisotopic (exact) mass is 397 g/mol. The van der Waals surface area contributed by atoms with Gasteiger partial charge < -0.3 is 15.0 Å². The molecule has 1 N–H and O–H groups in total. The highest BCUT2D eigenvalue weighted by Crippen LogP contribution is 2.37. The maximum absolute atomic E-state index is 13.5. The Balaban J connectivity index is 1.79. The number of nitrogens with zero attached hydrogens (tertiary/aromatic N) is 2. The van der Waals surface area contributed by atoms with Gasteiger partial charge in [-0.1, -0.05) is 0 Å². The highest BCUT2D eigenvalue weighted by Gasteiger charge is 2.34. The minimum Gasteiger partial charge on any atom is -0.378 e. The van der Waals surface area contributed by atoms with E-state index in [1.807, 2.05) is 11.8 Å². The van der Waals surface area contributed by atoms with Gasteiger partial charge >= 0.3 is 6.18 Å². The summed E-state index contributed by atoms with van der Waals surface area (Å²) in [5.74, 6) is -0.648. The average Bonchev–Trinajstić information content (AvgIpc) is 3.05. The molecule has 2 heterocycles. The number of benzene rings is 1. The zero-order valence-electron chi connectivity index (χ0n) is 14.5. The standard InChI is InChI=1S/C18H18F3N3O2S/c1-12-22-13(11-27-12)2-5-17(25)23-16-4-3-14(10-15(16)18(19,20)21)24-6-8-26-9-7-24/h2-5,10-11H,6-9H2,1H3,(H,23,25)/b5-2+. The second-order valence-corrected chi connectivity index (χ2v) is 7.00. The Labute approximate surface area is 158 Å². The predicted octanol–water partition coefficient (Wildman–Crippen LogP) is 3.96. The van der Waals surface area contributed by atoms with E-state index in [-0.39, 0.29) is 5.69 Å². The van der Waals surface area contributed by atoms with Gasteiger partial charge in [0, 0.05) is 30.2 Å². The van der Waals surface area contributed by atoms with Gasteiger partial charge in [0.2, 0.25) is 5.91 Å². The number of thiazole rings is 1. The van der Waals surface area contributed by atoms with Crippen LogP contribution in [0.2, 0.25) is 0 Å². The highest BCUT2D eigenvalue weighted by atomic mass is 32.1. The van der Waals surface area contributed by atoms with E-state index in [0.717, 1.165) is 11.1 Å². The van der Waals surface area contributed by atoms with Crippen LogP contribution in [-0.2, 0) is 15.7 Å². The molecule has 1 amide bonds. The molecule has 1 saturated heterocycles. The lowest BCUT2D eigenvalue weighted by atomic mass is 10.1. The number of aromatic nitrogens is 1. The highest BCUT2D eigenvalue weighted by molar-refractivity contribution is 7.09. The number of alkyl halides is 3. The first-order valence-electron chi connectivity index (χ1n) is 8.28. The van der Waals surface area contributed by atoms with Crippen LogP contribution < -0.4 is 10.2 Å². The fraction of sp³-hybridized carbons (Fsp3) is 0.333. The van der Waals surface area contributed by atoms with Crippen molar-refractivity contribution in [3.8, 4) is 0 Å². The third-order valence-corrected chi connectivity index (χ3v) is 4.78. The molecule has 0 bridgehead atoms. The summed E-state index contributed by atoms with van der Waals surface area (Å²) in [6.07, 6.45) is -1.95. The third kappa shape index (κ3) is 5.08. The first-order chi connectivity index (χ1) is 12.8. The summed E-state index contributed by atoms with van der Waals surface area (Å²) in [5, 5.41) is 4.91. The lowest BCUT2D eigenvalue weighted by Crippen LogP contribution is -2.36. The molecule has 9 heteroatoms. The van der Waals surface area contributed by atoms with Crippen LogP contribution in [0, 0.1) is 6.92 Å². The first-order valence-corrected chi connectivity index (χ1v) is 9.16. The molecule has 27 heavy (non-hydrogen) atoms. The minimum absolute atomic E-state index is 0.274. The van der Waals surface area contributed by atoms with Crippen molar-refractivity contribution in [2.75, 3.05) is 36.5 Å². The summed E-state index contributed by atoms with van der Waals surface area (Å²) >= 11 is 1.42. The summed E-state index contributed by atoms with van der Waals surface area (Å²) in [5.41, 5.74) is -0.107. The van der Waals surface area contributed by atoms with Crippen LogP contribution in [0.15, 0.2) is 29.7 Å². The van der Waals surface area contributed by atoms with E-state index >= 15 is 0 Å². The van der Waals surface area contributed by atoms with Crippen molar-refractivity contribution in [1.29, 1.82) is 0 Å². The molecule has 0 spiro atoms. The maximum Gasteiger partial charge on any atom is 0.418 e. The largest absolute Gasteiger partial charge is 0.418 e. The minimum atomic E-state index is -4.58. The molecule has 0 aliphatic carbocycles. The van der Waals surface area contributed by atoms with Gasteiger partial charge in [0.05, 0.1) is 35.2 Å². The molecule has 0 atom stereocenters. The molecule has 1 aromatic heterocycles. The number of aryl methyl sites for hydroxylation is 1. The van der Waals surface area contributed by atoms with Crippen LogP contribution in [0.25, 0.3) is 6.08 Å². The Morgan fingerprint density at radius 2 is 2.07 bits per heavy atom. The number of ether oxygens (including phenoxy) is 1. The fourth-order valence-corrected chi connectivity index (χ4v) is 3.27. The molecule has 0 radical (unpaired) electrons. The molecule has 3 rings (SSSR count). The number of morpholine rings is 1. The van der Waals surface area contributed by atoms with Crippen LogP contribution in [0.5, 0.6) is 0 Å². The van der Waals surface area contributed by atoms with E-state index in [9.17, 15) is 18.0 Å². The lowest BCUT2D eigenvalue weighted by Gasteiger charge is -2.29. The molecular formula is C18H18F3N3O2S. The van der Waals surface area contributed by atoms with E-state index in [1.165, 1.54) is 29.6 Å². The summed E-state index contributed by atoms with van der Waals surface area (Å²) in [4.78, 5) is 18.0. The summed E-state index contributed by atoms with van der Waals surface area (Å²) in [6.45, 7) is 3.83. The topological polar surface area (TPSA) is 54.5 Å². The normalized spacial score (nSPS) is 15.3. The van der Waals surface area contributed by atoms with E-state index in [4.69, 9.17) is 4.74 Å². The Bertz CT molecular complexity index is 843. The summed E-state index contributed by atoms with van der Waals surface area (Å²) < 4.78 is 45.7. The second-order valence-electron chi connectivity index (χ2n) is 5.94. The quantitative estimate of drug-likeness (QED) is 0.794. The Morgan fingerprint density at radius 3 is 2.70 bits per heavy atom. The van der Waals surface area contributed by atoms with Crippen molar-refractivity contribution < 1.29 is 22.7 Å². The van der Waals surface area contributed by atoms with Crippen LogP contribution in [-0.4, -0.2) is 37.2 Å². The molecular weight excluding hydrogens is 379 g/mol. The van der Waals surface area contributed by atoms with E-state index in [0.29, 0.717) is 37.7 Å². The van der Waals surface area contributed by atoms with Gasteiger partial charge in [-0.05, 0) is 31.2 Å². The Hall–Kier alpha value is -2.39. The van der Waals surface area contributed by atoms with Gasteiger partial charge in [0.15, 0.2) is 0 Å². The second kappa shape index (κ2) is 8.10. The van der Waals surface area contributed by atoms with Crippen LogP contribution in [0.1, 0.15) is 16.3 Å². The number of hydrogen-bond donors (Lipinski definition) is 1. The van der Waals surface area contributed by atoms with Crippen molar-refractivity contribution in [2.45, 2.75) is 13.1 Å². The molecule has 0 saturated carbocycles. The van der Waals surface area contributed by atoms with Gasteiger partial charge in [0.25, 0.3) is 0 Å². The molecule has 1 aliphatic heterocycles. The number of nitrogens with one attached hydrogen (secondary N) is 1. The van der Waals surface area contributed by atoms with Gasteiger partial charge in [-0.2, -0.15) is 13.2 Å². The van der Waals surface area contributed by atoms with Gasteiger partial charge in [-0.25, -0.2) is 4.98 Å². The number of rotatable bonds is 4. The zero-order valence-corrected chi connectivity index (χ0v) is 15.4. The van der Waals surface area contributed by atoms with Gasteiger partial charge in [0.1, 0.15) is 0 Å². The Morgan fingerprint density at radius 1 is 1.33 bits per heavy atom. The molecule has 1 aromatic carbocycles. The SMILES string of the molecule is Cc1nc(/C=C/C(=O)Nc2ccc(N3CCOCC3)cc2C(F)(F)F)cs1. The molecule has 144 valence electrons. The van der Waals surface area contributed by atoms with Crippen molar-refractivity contribution in [3.05, 3.63) is 45.9 Å². The zero-order chi connectivity index (χ0) is 19.4. The third-order valence-electron chi connectivity index (χ3n) is 3.98. The summed E-state index contributed by atoms with van der Waals surface area (Å²) in [6, 6.07) is 3.92. The van der Waals surface area contributed by atoms with Crippen molar-refractivity contribution >= 4 is 34.7 Å². The average molecular weight is 397 g/mol. The molecule has 1 fully saturated rings. The maximum atomic E-state index is 13.5. The van der Waals surface area contributed by atoms with Crippen LogP contribution in [0.4, 0.5) is 24.5 Å². The number of carbonyl (C=O) groups is 1. The number of hydrogen-bond acceptors (Lipinski definition) is 5. The van der Waals surface area contributed by atoms with E-state index < -0.39 is 17.6 Å². The molecule has 5 nitrogen and oxygen atoms in total. The number of halogens is 3. The van der Waals surface area contributed by atoms with Crippen molar-refractivity contribution in [1.82, 2.24) is 4.98 Å². The number of anilines is 2. The van der Waals surface area contributed by atoms with E-state index in [1.54, 1.807) is 11.4 Å². The van der Waals surface area contributed by atoms with E-state index in [2.05, 4.69) is 10.3 Å². The van der Waals surface area contributed by atoms with Gasteiger partial charge in [-0.15, -0.1) is 11.3 Å². The molecule has 1 aliphatic rings. The Kier molecular flexibility index (Phi) is 5.81. The molecule has 2 aromatic rings. The van der Waals surface area contributed by atoms with Crippen molar-refractivity contribution in [2.24, 2.45) is 0 Å². The number of amides is 1. The number of carbonyl (C=O) groups excluding carboxylic acids is 1. The fourth-order valence-electron chi connectivity index (χ4n) is 2.69. The smallest absolute Gasteiger partial charge is 0.378 e. The molecule has 0 unspecified atom stereocenters. The first kappa shape index (κ1) is 19.4. The van der Waals surface area contributed by atoms with Crippen molar-refractivity contribution in [3.63, 3.8) is 0 Å². The van der Waals surface area contributed by atoms with Crippen LogP contribution >= 0.6 is 11.3 Å². The van der Waals surface area contributed by atoms with Crippen LogP contribution in [0.3, 0.4) is 0 Å².